The van der Waals surface area contributed by atoms with E-state index in [9.17, 15) is 14.9 Å². The molecule has 0 bridgehead atoms. The molecule has 0 aliphatic carbocycles. The Bertz CT molecular complexity index is 1020. The van der Waals surface area contributed by atoms with E-state index in [4.69, 9.17) is 4.74 Å². The van der Waals surface area contributed by atoms with Gasteiger partial charge in [-0.1, -0.05) is 24.3 Å². The minimum atomic E-state index is -0.431. The number of carbonyl (C=O) groups excluding carboxylic acids is 1. The molecule has 1 aliphatic heterocycles. The Labute approximate surface area is 161 Å². The third-order valence-electron chi connectivity index (χ3n) is 4.51. The molecule has 7 nitrogen and oxygen atoms in total. The second-order valence-electron chi connectivity index (χ2n) is 6.38. The monoisotopic (exact) mass is 375 g/mol. The van der Waals surface area contributed by atoms with E-state index in [1.165, 1.54) is 12.1 Å². The number of nitro benzene ring substituents is 1. The summed E-state index contributed by atoms with van der Waals surface area (Å²) in [7, 11) is 0. The summed E-state index contributed by atoms with van der Waals surface area (Å²) in [5.74, 6) is 0.558. The maximum Gasteiger partial charge on any atom is 0.269 e. The maximum atomic E-state index is 12.2. The zero-order chi connectivity index (χ0) is 19.5. The van der Waals surface area contributed by atoms with Crippen LogP contribution in [0.15, 0.2) is 72.8 Å². The Balaban J connectivity index is 1.40. The van der Waals surface area contributed by atoms with Crippen molar-refractivity contribution in [2.24, 2.45) is 0 Å². The van der Waals surface area contributed by atoms with Gasteiger partial charge in [-0.05, 0) is 47.5 Å². The van der Waals surface area contributed by atoms with Crippen LogP contribution >= 0.6 is 0 Å². The number of carbonyl (C=O) groups is 1. The first kappa shape index (κ1) is 17.5. The lowest BCUT2D eigenvalue weighted by Gasteiger charge is -2.28. The van der Waals surface area contributed by atoms with E-state index >= 15 is 0 Å². The molecule has 1 amide bonds. The van der Waals surface area contributed by atoms with Crippen LogP contribution in [-0.2, 0) is 6.61 Å². The van der Waals surface area contributed by atoms with Crippen LogP contribution in [-0.4, -0.2) is 10.8 Å². The highest BCUT2D eigenvalue weighted by molar-refractivity contribution is 6.01. The maximum absolute atomic E-state index is 12.2. The minimum absolute atomic E-state index is 0.0525. The van der Waals surface area contributed by atoms with Gasteiger partial charge in [-0.2, -0.15) is 0 Å². The quantitative estimate of drug-likeness (QED) is 0.519. The van der Waals surface area contributed by atoms with Crippen molar-refractivity contribution in [2.45, 2.75) is 12.8 Å². The number of benzene rings is 3. The molecule has 0 radical (unpaired) electrons. The van der Waals surface area contributed by atoms with E-state index in [-0.39, 0.29) is 17.8 Å². The van der Waals surface area contributed by atoms with E-state index < -0.39 is 4.92 Å². The summed E-state index contributed by atoms with van der Waals surface area (Å²) in [4.78, 5) is 22.5. The van der Waals surface area contributed by atoms with E-state index in [2.05, 4.69) is 10.6 Å². The lowest BCUT2D eigenvalue weighted by molar-refractivity contribution is -0.384. The van der Waals surface area contributed by atoms with Gasteiger partial charge < -0.3 is 15.4 Å². The Kier molecular flexibility index (Phi) is 4.63. The van der Waals surface area contributed by atoms with E-state index in [0.29, 0.717) is 17.9 Å². The molecule has 3 aromatic rings. The minimum Gasteiger partial charge on any atom is -0.489 e. The highest BCUT2D eigenvalue weighted by Crippen LogP contribution is 2.27. The van der Waals surface area contributed by atoms with Crippen molar-refractivity contribution in [1.29, 1.82) is 0 Å². The number of nitrogens with zero attached hydrogens (tertiary/aromatic N) is 1. The molecule has 0 aromatic heterocycles. The fourth-order valence-electron chi connectivity index (χ4n) is 3.01. The van der Waals surface area contributed by atoms with Crippen LogP contribution < -0.4 is 15.4 Å². The number of hydrogen-bond acceptors (Lipinski definition) is 5. The van der Waals surface area contributed by atoms with Crippen LogP contribution in [0.2, 0.25) is 0 Å². The Morgan fingerprint density at radius 1 is 0.929 bits per heavy atom. The normalized spacial score (nSPS) is 15.1. The number of amides is 1. The average molecular weight is 375 g/mol. The third-order valence-corrected chi connectivity index (χ3v) is 4.51. The number of hydrogen-bond donors (Lipinski definition) is 2. The molecule has 0 saturated heterocycles. The lowest BCUT2D eigenvalue weighted by Crippen LogP contribution is -2.38. The molecule has 0 saturated carbocycles. The lowest BCUT2D eigenvalue weighted by atomic mass is 10.1. The number of ether oxygens (including phenoxy) is 1. The van der Waals surface area contributed by atoms with Crippen LogP contribution in [0.3, 0.4) is 0 Å². The highest BCUT2D eigenvalue weighted by atomic mass is 16.6. The molecule has 0 unspecified atom stereocenters. The number of rotatable bonds is 5. The second kappa shape index (κ2) is 7.40. The fourth-order valence-corrected chi connectivity index (χ4v) is 3.01. The first-order chi connectivity index (χ1) is 13.6. The Hall–Kier alpha value is -3.87. The van der Waals surface area contributed by atoms with Gasteiger partial charge in [0, 0.05) is 17.8 Å². The van der Waals surface area contributed by atoms with Gasteiger partial charge >= 0.3 is 0 Å². The molecular weight excluding hydrogens is 358 g/mol. The van der Waals surface area contributed by atoms with E-state index in [1.54, 1.807) is 18.2 Å². The average Bonchev–Trinajstić information content (AvgIpc) is 2.73. The molecule has 0 spiro atoms. The topological polar surface area (TPSA) is 93.5 Å². The van der Waals surface area contributed by atoms with Crippen molar-refractivity contribution in [3.8, 4) is 5.75 Å². The number of non-ortho nitro benzene ring substituents is 1. The fraction of sp³-hybridized carbons (Fsp3) is 0.0952. The van der Waals surface area contributed by atoms with Gasteiger partial charge in [0.05, 0.1) is 10.5 Å². The van der Waals surface area contributed by atoms with Crippen LogP contribution in [0.25, 0.3) is 0 Å². The molecule has 28 heavy (non-hydrogen) atoms. The summed E-state index contributed by atoms with van der Waals surface area (Å²) in [5.41, 5.74) is 3.23. The first-order valence-electron chi connectivity index (χ1n) is 8.73. The van der Waals surface area contributed by atoms with Crippen LogP contribution in [0.4, 0.5) is 11.4 Å². The van der Waals surface area contributed by atoms with Gasteiger partial charge in [-0.3, -0.25) is 14.9 Å². The molecule has 1 atom stereocenters. The summed E-state index contributed by atoms with van der Waals surface area (Å²) < 4.78 is 5.73. The number of para-hydroxylation sites is 1. The molecule has 1 heterocycles. The van der Waals surface area contributed by atoms with Gasteiger partial charge in [-0.15, -0.1) is 0 Å². The van der Waals surface area contributed by atoms with Crippen LogP contribution in [0.1, 0.15) is 27.7 Å². The van der Waals surface area contributed by atoms with Crippen molar-refractivity contribution < 1.29 is 14.5 Å². The van der Waals surface area contributed by atoms with Gasteiger partial charge in [0.2, 0.25) is 0 Å². The predicted octanol–water partition coefficient (Wildman–Crippen LogP) is 4.03. The van der Waals surface area contributed by atoms with E-state index in [1.807, 2.05) is 42.5 Å². The molecule has 7 heteroatoms. The summed E-state index contributed by atoms with van der Waals surface area (Å²) in [6.07, 6.45) is -0.314. The Morgan fingerprint density at radius 2 is 1.64 bits per heavy atom. The smallest absolute Gasteiger partial charge is 0.269 e. The largest absolute Gasteiger partial charge is 0.489 e. The van der Waals surface area contributed by atoms with Gasteiger partial charge in [0.25, 0.3) is 11.6 Å². The van der Waals surface area contributed by atoms with Crippen molar-refractivity contribution in [2.75, 3.05) is 5.32 Å². The zero-order valence-electron chi connectivity index (χ0n) is 14.8. The first-order valence-corrected chi connectivity index (χ1v) is 8.73. The molecule has 1 aliphatic rings. The standard InChI is InChI=1S/C21H17N3O4/c25-21-18-3-1-2-4-19(18)22-20(23-21)15-7-11-17(12-8-15)28-13-14-5-9-16(10-6-14)24(26)27/h1-12,20,22H,13H2,(H,23,25)/t20-/m1/s1. The number of fused-ring (bicyclic) bond motifs is 1. The summed E-state index contributed by atoms with van der Waals surface area (Å²) in [6, 6.07) is 21.1. The van der Waals surface area contributed by atoms with E-state index in [0.717, 1.165) is 16.8 Å². The van der Waals surface area contributed by atoms with Crippen molar-refractivity contribution in [1.82, 2.24) is 5.32 Å². The van der Waals surface area contributed by atoms with Crippen LogP contribution in [0.5, 0.6) is 5.75 Å². The summed E-state index contributed by atoms with van der Waals surface area (Å²) >= 11 is 0. The van der Waals surface area contributed by atoms with Crippen LogP contribution in [0, 0.1) is 10.1 Å². The van der Waals surface area contributed by atoms with Crippen molar-refractivity contribution >= 4 is 17.3 Å². The number of anilines is 1. The molecule has 2 N–H and O–H groups in total. The molecular formula is C21H17N3O4. The van der Waals surface area contributed by atoms with Gasteiger partial charge in [-0.25, -0.2) is 0 Å². The Morgan fingerprint density at radius 3 is 2.36 bits per heavy atom. The van der Waals surface area contributed by atoms with Crippen molar-refractivity contribution in [3.05, 3.63) is 99.6 Å². The molecule has 140 valence electrons. The number of nitrogens with one attached hydrogen (secondary N) is 2. The van der Waals surface area contributed by atoms with Crippen molar-refractivity contribution in [3.63, 3.8) is 0 Å². The predicted molar refractivity (Wildman–Crippen MR) is 104 cm³/mol. The van der Waals surface area contributed by atoms with Gasteiger partial charge in [0.15, 0.2) is 0 Å². The van der Waals surface area contributed by atoms with Gasteiger partial charge in [0.1, 0.15) is 18.5 Å². The second-order valence-corrected chi connectivity index (χ2v) is 6.38. The molecule has 4 rings (SSSR count). The highest BCUT2D eigenvalue weighted by Gasteiger charge is 2.23. The number of nitro groups is 1. The summed E-state index contributed by atoms with van der Waals surface area (Å²) in [6.45, 7) is 0.309. The molecule has 0 fully saturated rings. The molecule has 3 aromatic carbocycles. The SMILES string of the molecule is O=C1N[C@H](c2ccc(OCc3ccc([N+](=O)[O-])cc3)cc2)Nc2ccccc21. The summed E-state index contributed by atoms with van der Waals surface area (Å²) in [5, 5.41) is 16.9. The third kappa shape index (κ3) is 3.64. The zero-order valence-corrected chi connectivity index (χ0v) is 14.8.